The minimum Gasteiger partial charge on any atom is -0.355 e. The molecule has 1 aliphatic rings. The maximum absolute atomic E-state index is 12.6. The molecule has 0 N–H and O–H groups in total. The van der Waals surface area contributed by atoms with Gasteiger partial charge < -0.3 is 14.3 Å². The number of rotatable bonds is 4. The second kappa shape index (κ2) is 6.81. The van der Waals surface area contributed by atoms with Gasteiger partial charge in [-0.25, -0.2) is 4.98 Å². The van der Waals surface area contributed by atoms with Crippen molar-refractivity contribution in [2.24, 2.45) is 0 Å². The van der Waals surface area contributed by atoms with Crippen LogP contribution in [0.3, 0.4) is 0 Å². The SMILES string of the molecule is CCc1cc(C(=O)N(C)[C@H]2CCCN(c3ccccn3)C2)on1. The summed E-state index contributed by atoms with van der Waals surface area (Å²) in [6, 6.07) is 7.79. The number of carbonyl (C=O) groups excluding carboxylic acids is 1. The zero-order valence-electron chi connectivity index (χ0n) is 13.6. The number of piperidine rings is 1. The summed E-state index contributed by atoms with van der Waals surface area (Å²) in [5.74, 6) is 1.18. The van der Waals surface area contributed by atoms with Crippen LogP contribution in [0.15, 0.2) is 35.0 Å². The molecular weight excluding hydrogens is 292 g/mol. The number of nitrogens with zero attached hydrogens (tertiary/aromatic N) is 4. The Morgan fingerprint density at radius 2 is 2.35 bits per heavy atom. The molecule has 0 aliphatic carbocycles. The Morgan fingerprint density at radius 1 is 1.48 bits per heavy atom. The highest BCUT2D eigenvalue weighted by Gasteiger charge is 2.28. The third kappa shape index (κ3) is 3.36. The van der Waals surface area contributed by atoms with Crippen molar-refractivity contribution >= 4 is 11.7 Å². The molecule has 0 radical (unpaired) electrons. The highest BCUT2D eigenvalue weighted by Crippen LogP contribution is 2.21. The first-order valence-corrected chi connectivity index (χ1v) is 8.07. The summed E-state index contributed by atoms with van der Waals surface area (Å²) in [7, 11) is 1.84. The van der Waals surface area contributed by atoms with E-state index in [1.54, 1.807) is 17.2 Å². The van der Waals surface area contributed by atoms with Gasteiger partial charge >= 0.3 is 0 Å². The molecule has 6 nitrogen and oxygen atoms in total. The van der Waals surface area contributed by atoms with E-state index in [2.05, 4.69) is 15.0 Å². The molecule has 0 spiro atoms. The first kappa shape index (κ1) is 15.5. The molecule has 3 rings (SSSR count). The lowest BCUT2D eigenvalue weighted by Crippen LogP contribution is -2.48. The van der Waals surface area contributed by atoms with Crippen LogP contribution in [0.25, 0.3) is 0 Å². The van der Waals surface area contributed by atoms with Crippen LogP contribution in [0, 0.1) is 0 Å². The van der Waals surface area contributed by atoms with Crippen LogP contribution in [0.5, 0.6) is 0 Å². The van der Waals surface area contributed by atoms with Gasteiger partial charge in [0, 0.05) is 38.4 Å². The van der Waals surface area contributed by atoms with Gasteiger partial charge in [-0.3, -0.25) is 4.79 Å². The van der Waals surface area contributed by atoms with Gasteiger partial charge in [-0.2, -0.15) is 0 Å². The Labute approximate surface area is 136 Å². The Kier molecular flexibility index (Phi) is 4.60. The van der Waals surface area contributed by atoms with E-state index in [4.69, 9.17) is 4.52 Å². The van der Waals surface area contributed by atoms with E-state index in [1.807, 2.05) is 32.2 Å². The van der Waals surface area contributed by atoms with Crippen LogP contribution < -0.4 is 4.90 Å². The molecule has 3 heterocycles. The van der Waals surface area contributed by atoms with E-state index in [1.165, 1.54) is 0 Å². The predicted octanol–water partition coefficient (Wildman–Crippen LogP) is 2.37. The largest absolute Gasteiger partial charge is 0.355 e. The van der Waals surface area contributed by atoms with Crippen molar-refractivity contribution in [3.8, 4) is 0 Å². The highest BCUT2D eigenvalue weighted by atomic mass is 16.5. The van der Waals surface area contributed by atoms with Gasteiger partial charge in [0.05, 0.1) is 5.69 Å². The topological polar surface area (TPSA) is 62.5 Å². The van der Waals surface area contributed by atoms with Gasteiger partial charge in [-0.1, -0.05) is 18.1 Å². The molecule has 2 aromatic heterocycles. The van der Waals surface area contributed by atoms with Crippen LogP contribution in [0.4, 0.5) is 5.82 Å². The minimum absolute atomic E-state index is 0.106. The number of carbonyl (C=O) groups is 1. The fourth-order valence-corrected chi connectivity index (χ4v) is 2.94. The molecule has 1 atom stereocenters. The Balaban J connectivity index is 1.69. The van der Waals surface area contributed by atoms with Crippen LogP contribution in [-0.2, 0) is 6.42 Å². The molecule has 1 saturated heterocycles. The first-order chi connectivity index (χ1) is 11.2. The number of likely N-dealkylation sites (N-methyl/N-ethyl adjacent to an activating group) is 1. The Hall–Kier alpha value is -2.37. The van der Waals surface area contributed by atoms with E-state index in [0.29, 0.717) is 5.76 Å². The average Bonchev–Trinajstić information content (AvgIpc) is 3.10. The average molecular weight is 314 g/mol. The normalized spacial score (nSPS) is 18.0. The quantitative estimate of drug-likeness (QED) is 0.867. The van der Waals surface area contributed by atoms with Crippen LogP contribution in [0.1, 0.15) is 36.0 Å². The summed E-state index contributed by atoms with van der Waals surface area (Å²) >= 11 is 0. The highest BCUT2D eigenvalue weighted by molar-refractivity contribution is 5.91. The lowest BCUT2D eigenvalue weighted by molar-refractivity contribution is 0.0675. The Bertz CT molecular complexity index is 656. The molecule has 1 aliphatic heterocycles. The van der Waals surface area contributed by atoms with Gasteiger partial charge in [0.15, 0.2) is 0 Å². The van der Waals surface area contributed by atoms with E-state index in [-0.39, 0.29) is 11.9 Å². The van der Waals surface area contributed by atoms with Gasteiger partial charge in [0.1, 0.15) is 5.82 Å². The summed E-state index contributed by atoms with van der Waals surface area (Å²) in [6.07, 6.45) is 4.59. The number of aryl methyl sites for hydroxylation is 1. The van der Waals surface area contributed by atoms with Gasteiger partial charge in [0.25, 0.3) is 5.91 Å². The molecular formula is C17H22N4O2. The second-order valence-electron chi connectivity index (χ2n) is 5.88. The van der Waals surface area contributed by atoms with Crippen LogP contribution >= 0.6 is 0 Å². The zero-order valence-corrected chi connectivity index (χ0v) is 13.6. The molecule has 2 aromatic rings. The number of amides is 1. The molecule has 0 bridgehead atoms. The molecule has 23 heavy (non-hydrogen) atoms. The molecule has 0 unspecified atom stereocenters. The zero-order chi connectivity index (χ0) is 16.2. The summed E-state index contributed by atoms with van der Waals surface area (Å²) in [4.78, 5) is 21.0. The van der Waals surface area contributed by atoms with Crippen molar-refractivity contribution in [2.45, 2.75) is 32.2 Å². The van der Waals surface area contributed by atoms with Crippen molar-refractivity contribution in [3.05, 3.63) is 41.9 Å². The summed E-state index contributed by atoms with van der Waals surface area (Å²) in [5, 5.41) is 3.90. The molecule has 0 aromatic carbocycles. The molecule has 1 amide bonds. The first-order valence-electron chi connectivity index (χ1n) is 8.07. The van der Waals surface area contributed by atoms with Crippen molar-refractivity contribution < 1.29 is 9.32 Å². The lowest BCUT2D eigenvalue weighted by Gasteiger charge is -2.37. The number of hydrogen-bond acceptors (Lipinski definition) is 5. The summed E-state index contributed by atoms with van der Waals surface area (Å²) in [6.45, 7) is 3.74. The number of hydrogen-bond donors (Lipinski definition) is 0. The molecule has 122 valence electrons. The van der Waals surface area contributed by atoms with E-state index in [0.717, 1.165) is 43.9 Å². The Morgan fingerprint density at radius 3 is 3.04 bits per heavy atom. The smallest absolute Gasteiger partial charge is 0.292 e. The van der Waals surface area contributed by atoms with Crippen LogP contribution in [0.2, 0.25) is 0 Å². The maximum atomic E-state index is 12.6. The van der Waals surface area contributed by atoms with Gasteiger partial charge in [-0.15, -0.1) is 0 Å². The molecule has 1 fully saturated rings. The van der Waals surface area contributed by atoms with Crippen molar-refractivity contribution in [1.29, 1.82) is 0 Å². The number of aromatic nitrogens is 2. The summed E-state index contributed by atoms with van der Waals surface area (Å²) < 4.78 is 5.17. The monoisotopic (exact) mass is 314 g/mol. The van der Waals surface area contributed by atoms with E-state index < -0.39 is 0 Å². The molecule has 0 saturated carbocycles. The van der Waals surface area contributed by atoms with Gasteiger partial charge in [0.2, 0.25) is 5.76 Å². The fraction of sp³-hybridized carbons (Fsp3) is 0.471. The fourth-order valence-electron chi connectivity index (χ4n) is 2.94. The predicted molar refractivity (Wildman–Crippen MR) is 87.4 cm³/mol. The van der Waals surface area contributed by atoms with Crippen LogP contribution in [-0.4, -0.2) is 47.1 Å². The number of anilines is 1. The van der Waals surface area contributed by atoms with E-state index >= 15 is 0 Å². The lowest BCUT2D eigenvalue weighted by atomic mass is 10.0. The van der Waals surface area contributed by atoms with Crippen molar-refractivity contribution in [3.63, 3.8) is 0 Å². The third-order valence-corrected chi connectivity index (χ3v) is 4.37. The standard InChI is InChI=1S/C17H22N4O2/c1-3-13-11-15(23-19-13)17(22)20(2)14-7-6-10-21(12-14)16-8-4-5-9-18-16/h4-5,8-9,11,14H,3,6-7,10,12H2,1-2H3/t14-/m0/s1. The molecule has 6 heteroatoms. The van der Waals surface area contributed by atoms with Gasteiger partial charge in [-0.05, 0) is 31.4 Å². The van der Waals surface area contributed by atoms with Crippen molar-refractivity contribution in [1.82, 2.24) is 15.0 Å². The van der Waals surface area contributed by atoms with E-state index in [9.17, 15) is 4.79 Å². The minimum atomic E-state index is -0.106. The van der Waals surface area contributed by atoms with Crippen molar-refractivity contribution in [2.75, 3.05) is 25.0 Å². The maximum Gasteiger partial charge on any atom is 0.292 e. The summed E-state index contributed by atoms with van der Waals surface area (Å²) in [5.41, 5.74) is 0.806. The second-order valence-corrected chi connectivity index (χ2v) is 5.88. The third-order valence-electron chi connectivity index (χ3n) is 4.37. The number of pyridine rings is 1.